The van der Waals surface area contributed by atoms with Gasteiger partial charge in [0, 0.05) is 24.0 Å². The van der Waals surface area contributed by atoms with Crippen molar-refractivity contribution in [1.82, 2.24) is 15.3 Å². The van der Waals surface area contributed by atoms with E-state index in [1.54, 1.807) is 32.8 Å². The average molecular weight is 273 g/mol. The largest absolute Gasteiger partial charge is 0.497 e. The molecule has 0 saturated carbocycles. The quantitative estimate of drug-likeness (QED) is 0.874. The van der Waals surface area contributed by atoms with Crippen LogP contribution in [-0.4, -0.2) is 30.7 Å². The molecule has 1 heterocycles. The Labute approximate surface area is 119 Å². The number of methoxy groups -OCH3 is 2. The fourth-order valence-corrected chi connectivity index (χ4v) is 2.09. The Hall–Kier alpha value is -2.14. The first-order chi connectivity index (χ1) is 9.80. The summed E-state index contributed by atoms with van der Waals surface area (Å²) in [4.78, 5) is 8.51. The number of nitrogens with one attached hydrogen (secondary N) is 1. The number of aromatic nitrogens is 2. The maximum absolute atomic E-state index is 5.47. The van der Waals surface area contributed by atoms with Crippen molar-refractivity contribution in [2.45, 2.75) is 13.0 Å². The van der Waals surface area contributed by atoms with Crippen LogP contribution in [0.3, 0.4) is 0 Å². The second kappa shape index (κ2) is 6.86. The third-order valence-electron chi connectivity index (χ3n) is 3.04. The normalized spacial score (nSPS) is 11.9. The highest BCUT2D eigenvalue weighted by atomic mass is 16.5. The van der Waals surface area contributed by atoms with Crippen LogP contribution in [0.5, 0.6) is 11.5 Å². The summed E-state index contributed by atoms with van der Waals surface area (Å²) in [5, 5.41) is 3.40. The monoisotopic (exact) mass is 273 g/mol. The van der Waals surface area contributed by atoms with E-state index in [-0.39, 0.29) is 6.04 Å². The fourth-order valence-electron chi connectivity index (χ4n) is 2.09. The van der Waals surface area contributed by atoms with Crippen molar-refractivity contribution in [3.05, 3.63) is 48.0 Å². The van der Waals surface area contributed by atoms with Crippen molar-refractivity contribution in [1.29, 1.82) is 0 Å². The van der Waals surface area contributed by atoms with Crippen molar-refractivity contribution in [2.75, 3.05) is 20.8 Å². The average Bonchev–Trinajstić information content (AvgIpc) is 2.53. The first kappa shape index (κ1) is 14.3. The van der Waals surface area contributed by atoms with Crippen LogP contribution < -0.4 is 14.8 Å². The van der Waals surface area contributed by atoms with Crippen LogP contribution in [0.15, 0.2) is 36.8 Å². The van der Waals surface area contributed by atoms with Gasteiger partial charge in [0.25, 0.3) is 0 Å². The van der Waals surface area contributed by atoms with E-state index in [0.29, 0.717) is 0 Å². The van der Waals surface area contributed by atoms with Crippen LogP contribution in [-0.2, 0) is 0 Å². The first-order valence-electron chi connectivity index (χ1n) is 6.51. The molecule has 0 aliphatic carbocycles. The van der Waals surface area contributed by atoms with E-state index in [2.05, 4.69) is 22.2 Å². The van der Waals surface area contributed by atoms with E-state index in [1.165, 1.54) is 0 Å². The molecule has 20 heavy (non-hydrogen) atoms. The minimum atomic E-state index is -0.0606. The molecule has 0 radical (unpaired) electrons. The fraction of sp³-hybridized carbons (Fsp3) is 0.333. The van der Waals surface area contributed by atoms with Crippen LogP contribution in [0.1, 0.15) is 24.2 Å². The molecule has 0 spiro atoms. The maximum Gasteiger partial charge on any atom is 0.127 e. The lowest BCUT2D eigenvalue weighted by atomic mass is 10.0. The molecule has 2 aromatic rings. The Bertz CT molecular complexity index is 546. The molecule has 1 aromatic heterocycles. The van der Waals surface area contributed by atoms with Gasteiger partial charge >= 0.3 is 0 Å². The molecule has 0 saturated heterocycles. The number of hydrogen-bond acceptors (Lipinski definition) is 5. The van der Waals surface area contributed by atoms with Crippen molar-refractivity contribution in [3.63, 3.8) is 0 Å². The molecule has 0 aliphatic heterocycles. The zero-order valence-corrected chi connectivity index (χ0v) is 12.0. The topological polar surface area (TPSA) is 56.3 Å². The molecule has 1 aromatic carbocycles. The molecular formula is C15H19N3O2. The van der Waals surface area contributed by atoms with Crippen LogP contribution in [0.2, 0.25) is 0 Å². The molecule has 1 atom stereocenters. The van der Waals surface area contributed by atoms with Gasteiger partial charge in [-0.1, -0.05) is 6.92 Å². The summed E-state index contributed by atoms with van der Waals surface area (Å²) in [7, 11) is 3.29. The standard InChI is InChI=1S/C15H19N3O2/c1-4-17-15(13-10-16-7-8-18-13)12-6-5-11(19-2)9-14(12)20-3/h5-10,15,17H,4H2,1-3H3. The Kier molecular flexibility index (Phi) is 4.90. The summed E-state index contributed by atoms with van der Waals surface area (Å²) in [5.74, 6) is 1.53. The minimum Gasteiger partial charge on any atom is -0.497 e. The van der Waals surface area contributed by atoms with Gasteiger partial charge in [-0.15, -0.1) is 0 Å². The zero-order valence-electron chi connectivity index (χ0n) is 12.0. The van der Waals surface area contributed by atoms with E-state index in [0.717, 1.165) is 29.3 Å². The summed E-state index contributed by atoms with van der Waals surface area (Å²) in [6.45, 7) is 2.87. The predicted octanol–water partition coefficient (Wildman–Crippen LogP) is 2.19. The van der Waals surface area contributed by atoms with E-state index in [1.807, 2.05) is 18.2 Å². The Morgan fingerprint density at radius 2 is 2.05 bits per heavy atom. The Morgan fingerprint density at radius 1 is 1.20 bits per heavy atom. The summed E-state index contributed by atoms with van der Waals surface area (Å²) in [5.41, 5.74) is 1.87. The van der Waals surface area contributed by atoms with Gasteiger partial charge in [-0.05, 0) is 18.7 Å². The molecule has 0 aliphatic rings. The molecule has 106 valence electrons. The molecule has 1 N–H and O–H groups in total. The van der Waals surface area contributed by atoms with Gasteiger partial charge < -0.3 is 14.8 Å². The lowest BCUT2D eigenvalue weighted by Crippen LogP contribution is -2.23. The molecule has 0 fully saturated rings. The Morgan fingerprint density at radius 3 is 2.65 bits per heavy atom. The van der Waals surface area contributed by atoms with Crippen molar-refractivity contribution in [3.8, 4) is 11.5 Å². The van der Waals surface area contributed by atoms with Gasteiger partial charge in [-0.2, -0.15) is 0 Å². The van der Waals surface area contributed by atoms with Gasteiger partial charge in [0.2, 0.25) is 0 Å². The highest BCUT2D eigenvalue weighted by Gasteiger charge is 2.19. The molecule has 5 heteroatoms. The molecule has 5 nitrogen and oxygen atoms in total. The second-order valence-electron chi connectivity index (χ2n) is 4.23. The minimum absolute atomic E-state index is 0.0606. The summed E-state index contributed by atoms with van der Waals surface area (Å²) < 4.78 is 10.7. The molecule has 0 amide bonds. The van der Waals surface area contributed by atoms with E-state index >= 15 is 0 Å². The first-order valence-corrected chi connectivity index (χ1v) is 6.51. The van der Waals surface area contributed by atoms with E-state index < -0.39 is 0 Å². The van der Waals surface area contributed by atoms with Gasteiger partial charge in [0.05, 0.1) is 32.2 Å². The molecule has 0 bridgehead atoms. The maximum atomic E-state index is 5.47. The lowest BCUT2D eigenvalue weighted by molar-refractivity contribution is 0.387. The molecular weight excluding hydrogens is 254 g/mol. The molecule has 2 rings (SSSR count). The summed E-state index contributed by atoms with van der Waals surface area (Å²) in [6, 6.07) is 5.71. The molecule has 1 unspecified atom stereocenters. The Balaban J connectivity index is 2.44. The number of ether oxygens (including phenoxy) is 2. The van der Waals surface area contributed by atoms with Crippen LogP contribution in [0.25, 0.3) is 0 Å². The highest BCUT2D eigenvalue weighted by Crippen LogP contribution is 2.32. The van der Waals surface area contributed by atoms with Crippen LogP contribution in [0, 0.1) is 0 Å². The predicted molar refractivity (Wildman–Crippen MR) is 77.1 cm³/mol. The van der Waals surface area contributed by atoms with E-state index in [9.17, 15) is 0 Å². The van der Waals surface area contributed by atoms with Gasteiger partial charge in [0.15, 0.2) is 0 Å². The third kappa shape index (κ3) is 3.05. The van der Waals surface area contributed by atoms with Gasteiger partial charge in [-0.25, -0.2) is 0 Å². The van der Waals surface area contributed by atoms with E-state index in [4.69, 9.17) is 9.47 Å². The number of benzene rings is 1. The highest BCUT2D eigenvalue weighted by molar-refractivity contribution is 5.44. The van der Waals surface area contributed by atoms with Crippen molar-refractivity contribution >= 4 is 0 Å². The third-order valence-corrected chi connectivity index (χ3v) is 3.04. The van der Waals surface area contributed by atoms with Crippen molar-refractivity contribution < 1.29 is 9.47 Å². The van der Waals surface area contributed by atoms with Gasteiger partial charge in [-0.3, -0.25) is 9.97 Å². The zero-order chi connectivity index (χ0) is 14.4. The summed E-state index contributed by atoms with van der Waals surface area (Å²) >= 11 is 0. The lowest BCUT2D eigenvalue weighted by Gasteiger charge is -2.20. The number of rotatable bonds is 6. The summed E-state index contributed by atoms with van der Waals surface area (Å²) in [6.07, 6.45) is 5.12. The van der Waals surface area contributed by atoms with Crippen LogP contribution in [0.4, 0.5) is 0 Å². The SMILES string of the molecule is CCNC(c1cnccn1)c1ccc(OC)cc1OC. The van der Waals surface area contributed by atoms with Crippen LogP contribution >= 0.6 is 0 Å². The smallest absolute Gasteiger partial charge is 0.127 e. The van der Waals surface area contributed by atoms with Crippen molar-refractivity contribution in [2.24, 2.45) is 0 Å². The number of hydrogen-bond donors (Lipinski definition) is 1. The number of nitrogens with zero attached hydrogens (tertiary/aromatic N) is 2. The second-order valence-corrected chi connectivity index (χ2v) is 4.23. The van der Waals surface area contributed by atoms with Gasteiger partial charge in [0.1, 0.15) is 11.5 Å².